The van der Waals surface area contributed by atoms with E-state index in [0.29, 0.717) is 33.2 Å². The van der Waals surface area contributed by atoms with Crippen molar-refractivity contribution in [2.45, 2.75) is 13.0 Å². The summed E-state index contributed by atoms with van der Waals surface area (Å²) < 4.78 is 17.0. The van der Waals surface area contributed by atoms with Crippen molar-refractivity contribution in [2.24, 2.45) is 0 Å². The third kappa shape index (κ3) is 2.81. The number of anilines is 1. The van der Waals surface area contributed by atoms with Crippen molar-refractivity contribution in [3.05, 3.63) is 74.6 Å². The minimum absolute atomic E-state index is 0.00794. The molecule has 0 saturated carbocycles. The number of fused-ring (bicyclic) bond motifs is 2. The molecule has 9 heteroatoms. The van der Waals surface area contributed by atoms with Crippen LogP contribution >= 0.6 is 11.3 Å². The van der Waals surface area contributed by atoms with E-state index in [-0.39, 0.29) is 16.8 Å². The minimum atomic E-state index is -0.804. The fraction of sp³-hybridized carbons (Fsp3) is 0.182. The number of hydrogen-bond acceptors (Lipinski definition) is 8. The normalized spacial score (nSPS) is 15.4. The Hall–Kier alpha value is -3.72. The second-order valence-corrected chi connectivity index (χ2v) is 7.87. The zero-order chi connectivity index (χ0) is 21.7. The molecule has 8 nitrogen and oxygen atoms in total. The highest BCUT2D eigenvalue weighted by Gasteiger charge is 2.46. The van der Waals surface area contributed by atoms with Crippen LogP contribution in [-0.4, -0.2) is 30.3 Å². The highest BCUT2D eigenvalue weighted by Crippen LogP contribution is 2.46. The van der Waals surface area contributed by atoms with Crippen LogP contribution in [0, 0.1) is 6.92 Å². The fourth-order valence-electron chi connectivity index (χ4n) is 3.98. The molecular weight excluding hydrogens is 418 g/mol. The van der Waals surface area contributed by atoms with Gasteiger partial charge >= 0.3 is 0 Å². The SMILES string of the molecule is COc1cccc([C@H]2c3c(oc4ccc(C)cc4c3=O)C(=O)N2c2nncs2)c1OC. The lowest BCUT2D eigenvalue weighted by Gasteiger charge is -2.24. The Bertz CT molecular complexity index is 1380. The van der Waals surface area contributed by atoms with Crippen molar-refractivity contribution in [1.82, 2.24) is 10.2 Å². The van der Waals surface area contributed by atoms with Crippen LogP contribution < -0.4 is 19.8 Å². The van der Waals surface area contributed by atoms with E-state index in [2.05, 4.69) is 10.2 Å². The van der Waals surface area contributed by atoms with Gasteiger partial charge < -0.3 is 13.9 Å². The first-order valence-corrected chi connectivity index (χ1v) is 10.3. The largest absolute Gasteiger partial charge is 0.493 e. The molecule has 156 valence electrons. The number of rotatable bonds is 4. The van der Waals surface area contributed by atoms with E-state index < -0.39 is 11.9 Å². The first-order chi connectivity index (χ1) is 15.0. The maximum Gasteiger partial charge on any atom is 0.297 e. The molecule has 0 saturated heterocycles. The zero-order valence-electron chi connectivity index (χ0n) is 16.9. The van der Waals surface area contributed by atoms with E-state index in [1.54, 1.807) is 30.3 Å². The Balaban J connectivity index is 1.87. The molecule has 0 N–H and O–H groups in total. The number of carbonyl (C=O) groups excluding carboxylic acids is 1. The summed E-state index contributed by atoms with van der Waals surface area (Å²) in [5.41, 5.74) is 3.36. The molecular formula is C22H17N3O5S. The first kappa shape index (κ1) is 19.3. The fourth-order valence-corrected chi connectivity index (χ4v) is 4.56. The molecule has 2 aromatic heterocycles. The third-order valence-electron chi connectivity index (χ3n) is 5.31. The lowest BCUT2D eigenvalue weighted by atomic mass is 9.97. The molecule has 0 radical (unpaired) electrons. The Morgan fingerprint density at radius 1 is 1.13 bits per heavy atom. The number of ether oxygens (including phenoxy) is 2. The highest BCUT2D eigenvalue weighted by atomic mass is 32.1. The first-order valence-electron chi connectivity index (χ1n) is 9.43. The Kier molecular flexibility index (Phi) is 4.48. The van der Waals surface area contributed by atoms with Crippen LogP contribution in [0.5, 0.6) is 11.5 Å². The second-order valence-electron chi connectivity index (χ2n) is 7.06. The summed E-state index contributed by atoms with van der Waals surface area (Å²) in [5.74, 6) is 0.445. The summed E-state index contributed by atoms with van der Waals surface area (Å²) in [6.45, 7) is 1.90. The molecule has 1 atom stereocenters. The number of para-hydroxylation sites is 1. The number of nitrogens with zero attached hydrogens (tertiary/aromatic N) is 3. The smallest absolute Gasteiger partial charge is 0.297 e. The molecule has 0 unspecified atom stereocenters. The van der Waals surface area contributed by atoms with Gasteiger partial charge in [0.05, 0.1) is 25.2 Å². The van der Waals surface area contributed by atoms with Gasteiger partial charge in [-0.15, -0.1) is 10.2 Å². The van der Waals surface area contributed by atoms with Gasteiger partial charge in [0.2, 0.25) is 10.9 Å². The Morgan fingerprint density at radius 3 is 2.68 bits per heavy atom. The molecule has 5 rings (SSSR count). The van der Waals surface area contributed by atoms with Crippen LogP contribution in [0.15, 0.2) is 51.1 Å². The highest BCUT2D eigenvalue weighted by molar-refractivity contribution is 7.13. The van der Waals surface area contributed by atoms with Gasteiger partial charge in [0.25, 0.3) is 5.91 Å². The van der Waals surface area contributed by atoms with E-state index in [0.717, 1.165) is 5.56 Å². The summed E-state index contributed by atoms with van der Waals surface area (Å²) in [6.07, 6.45) is 0. The van der Waals surface area contributed by atoms with Crippen molar-refractivity contribution in [3.63, 3.8) is 0 Å². The molecule has 4 aromatic rings. The second kappa shape index (κ2) is 7.21. The van der Waals surface area contributed by atoms with Gasteiger partial charge in [-0.1, -0.05) is 35.1 Å². The summed E-state index contributed by atoms with van der Waals surface area (Å²) in [6, 6.07) is 9.83. The molecule has 0 bridgehead atoms. The lowest BCUT2D eigenvalue weighted by Crippen LogP contribution is -2.29. The van der Waals surface area contributed by atoms with Crippen LogP contribution in [0.25, 0.3) is 11.0 Å². The van der Waals surface area contributed by atoms with E-state index in [1.165, 1.54) is 36.0 Å². The predicted octanol–water partition coefficient (Wildman–Crippen LogP) is 3.72. The summed E-state index contributed by atoms with van der Waals surface area (Å²) in [7, 11) is 3.04. The summed E-state index contributed by atoms with van der Waals surface area (Å²) in [5, 5.41) is 8.71. The number of hydrogen-bond donors (Lipinski definition) is 0. The maximum atomic E-state index is 13.6. The van der Waals surface area contributed by atoms with Gasteiger partial charge in [-0.2, -0.15) is 0 Å². The molecule has 1 aliphatic rings. The van der Waals surface area contributed by atoms with E-state index >= 15 is 0 Å². The molecule has 31 heavy (non-hydrogen) atoms. The number of carbonyl (C=O) groups is 1. The third-order valence-corrected chi connectivity index (χ3v) is 6.00. The number of benzene rings is 2. The average Bonchev–Trinajstić information content (AvgIpc) is 3.40. The molecule has 1 aliphatic heterocycles. The van der Waals surface area contributed by atoms with Gasteiger partial charge in [0, 0.05) is 5.56 Å². The molecule has 0 spiro atoms. The Morgan fingerprint density at radius 2 is 1.97 bits per heavy atom. The van der Waals surface area contributed by atoms with E-state index in [9.17, 15) is 9.59 Å². The monoisotopic (exact) mass is 435 g/mol. The zero-order valence-corrected chi connectivity index (χ0v) is 17.7. The van der Waals surface area contributed by atoms with Crippen LogP contribution in [0.4, 0.5) is 5.13 Å². The summed E-state index contributed by atoms with van der Waals surface area (Å²) >= 11 is 1.20. The van der Waals surface area contributed by atoms with Crippen LogP contribution in [0.1, 0.15) is 33.3 Å². The van der Waals surface area contributed by atoms with Crippen LogP contribution in [0.3, 0.4) is 0 Å². The van der Waals surface area contributed by atoms with E-state index in [1.807, 2.05) is 13.0 Å². The molecule has 3 heterocycles. The quantitative estimate of drug-likeness (QED) is 0.482. The van der Waals surface area contributed by atoms with Crippen LogP contribution in [0.2, 0.25) is 0 Å². The lowest BCUT2D eigenvalue weighted by molar-refractivity contribution is 0.0970. The van der Waals surface area contributed by atoms with Crippen molar-refractivity contribution < 1.29 is 18.7 Å². The van der Waals surface area contributed by atoms with Gasteiger partial charge in [-0.25, -0.2) is 0 Å². The number of methoxy groups -OCH3 is 2. The Labute approximate surface area is 180 Å². The van der Waals surface area contributed by atoms with Crippen molar-refractivity contribution in [2.75, 3.05) is 19.1 Å². The molecule has 0 aliphatic carbocycles. The van der Waals surface area contributed by atoms with E-state index in [4.69, 9.17) is 13.9 Å². The number of amides is 1. The molecule has 2 aromatic carbocycles. The maximum absolute atomic E-state index is 13.6. The predicted molar refractivity (Wildman–Crippen MR) is 115 cm³/mol. The topological polar surface area (TPSA) is 94.8 Å². The average molecular weight is 435 g/mol. The van der Waals surface area contributed by atoms with Crippen LogP contribution in [-0.2, 0) is 0 Å². The number of aromatic nitrogens is 2. The van der Waals surface area contributed by atoms with Gasteiger partial charge in [0.15, 0.2) is 16.9 Å². The standard InChI is InChI=1S/C22H17N3O5S/c1-11-7-8-14-13(9-11)18(26)16-17(12-5-4-6-15(28-2)19(12)29-3)25(21(27)20(16)30-14)22-24-23-10-31-22/h4-10,17H,1-3H3/t17-/m0/s1. The minimum Gasteiger partial charge on any atom is -0.493 e. The summed E-state index contributed by atoms with van der Waals surface area (Å²) in [4.78, 5) is 28.5. The van der Waals surface area contributed by atoms with Crippen molar-refractivity contribution >= 4 is 33.3 Å². The van der Waals surface area contributed by atoms with Gasteiger partial charge in [-0.3, -0.25) is 14.5 Å². The number of aryl methyl sites for hydroxylation is 1. The molecule has 0 fully saturated rings. The van der Waals surface area contributed by atoms with Crippen molar-refractivity contribution in [3.8, 4) is 11.5 Å². The van der Waals surface area contributed by atoms with Crippen molar-refractivity contribution in [1.29, 1.82) is 0 Å². The van der Waals surface area contributed by atoms with Gasteiger partial charge in [-0.05, 0) is 25.1 Å². The molecule has 1 amide bonds. The van der Waals surface area contributed by atoms with Gasteiger partial charge in [0.1, 0.15) is 17.1 Å².